The van der Waals surface area contributed by atoms with E-state index < -0.39 is 22.0 Å². The molecule has 1 atom stereocenters. The van der Waals surface area contributed by atoms with Crippen molar-refractivity contribution >= 4 is 44.7 Å². The van der Waals surface area contributed by atoms with Crippen molar-refractivity contribution in [2.75, 3.05) is 0 Å². The molecule has 1 unspecified atom stereocenters. The van der Waals surface area contributed by atoms with Crippen molar-refractivity contribution in [2.45, 2.75) is 24.3 Å². The third kappa shape index (κ3) is 4.41. The van der Waals surface area contributed by atoms with Gasteiger partial charge in [-0.1, -0.05) is 23.8 Å². The van der Waals surface area contributed by atoms with E-state index in [1.54, 1.807) is 0 Å². The fourth-order valence-electron chi connectivity index (χ4n) is 1.54. The van der Waals surface area contributed by atoms with Gasteiger partial charge < -0.3 is 11.5 Å². The molecule has 1 amide bonds. The number of thiocarbonyl (C=S) groups is 1. The van der Waals surface area contributed by atoms with Crippen LogP contribution in [-0.2, 0) is 14.8 Å². The van der Waals surface area contributed by atoms with E-state index in [1.807, 2.05) is 0 Å². The molecule has 0 saturated carbocycles. The van der Waals surface area contributed by atoms with Crippen molar-refractivity contribution in [3.05, 3.63) is 28.8 Å². The fourth-order valence-corrected chi connectivity index (χ4v) is 3.39. The second-order valence-corrected chi connectivity index (χ2v) is 6.76. The van der Waals surface area contributed by atoms with Gasteiger partial charge in [0.05, 0.1) is 9.92 Å². The zero-order valence-corrected chi connectivity index (χ0v) is 13.0. The quantitative estimate of drug-likeness (QED) is 0.655. The summed E-state index contributed by atoms with van der Waals surface area (Å²) in [6, 6.07) is 3.39. The minimum atomic E-state index is -3.80. The number of primary amides is 1. The molecule has 1 rings (SSSR count). The summed E-state index contributed by atoms with van der Waals surface area (Å²) in [6.45, 7) is 1.54. The average Bonchev–Trinajstić information content (AvgIpc) is 2.25. The molecular formula is C11H14ClN3O3S2. The van der Waals surface area contributed by atoms with Crippen LogP contribution in [0.15, 0.2) is 23.1 Å². The Kier molecular flexibility index (Phi) is 5.46. The van der Waals surface area contributed by atoms with Crippen molar-refractivity contribution < 1.29 is 13.2 Å². The summed E-state index contributed by atoms with van der Waals surface area (Å²) in [5, 5.41) is 0.142. The van der Waals surface area contributed by atoms with Gasteiger partial charge in [0.15, 0.2) is 0 Å². The van der Waals surface area contributed by atoms with Crippen LogP contribution in [0, 0.1) is 0 Å². The normalized spacial score (nSPS) is 12.9. The van der Waals surface area contributed by atoms with Gasteiger partial charge in [0, 0.05) is 18.0 Å². The molecule has 1 aromatic rings. The molecule has 0 bridgehead atoms. The summed E-state index contributed by atoms with van der Waals surface area (Å²) in [6.07, 6.45) is -0.0993. The van der Waals surface area contributed by atoms with Crippen LogP contribution < -0.4 is 16.2 Å². The van der Waals surface area contributed by atoms with E-state index in [9.17, 15) is 13.2 Å². The van der Waals surface area contributed by atoms with Crippen molar-refractivity contribution in [3.8, 4) is 0 Å². The average molecular weight is 336 g/mol. The molecular weight excluding hydrogens is 322 g/mol. The van der Waals surface area contributed by atoms with Crippen molar-refractivity contribution in [3.63, 3.8) is 0 Å². The first kappa shape index (κ1) is 16.8. The number of amides is 1. The van der Waals surface area contributed by atoms with Gasteiger partial charge in [-0.25, -0.2) is 13.1 Å². The number of rotatable bonds is 6. The maximum absolute atomic E-state index is 12.1. The number of hydrogen-bond acceptors (Lipinski definition) is 4. The van der Waals surface area contributed by atoms with Gasteiger partial charge in [-0.15, -0.1) is 0 Å². The Morgan fingerprint density at radius 2 is 2.05 bits per heavy atom. The van der Waals surface area contributed by atoms with E-state index >= 15 is 0 Å². The Hall–Kier alpha value is -1.22. The highest BCUT2D eigenvalue weighted by atomic mass is 35.5. The standard InChI is InChI=1S/C11H14ClN3O3S2/c1-6(4-10(13)16)15-20(17,18)7-2-3-8(11(14)19)9(12)5-7/h2-3,5-6,15H,4H2,1H3,(H2,13,16)(H2,14,19). The van der Waals surface area contributed by atoms with E-state index in [0.717, 1.165) is 0 Å². The van der Waals surface area contributed by atoms with Crippen LogP contribution in [0.25, 0.3) is 0 Å². The lowest BCUT2D eigenvalue weighted by Gasteiger charge is -2.13. The smallest absolute Gasteiger partial charge is 0.240 e. The van der Waals surface area contributed by atoms with Crippen LogP contribution in [0.5, 0.6) is 0 Å². The SMILES string of the molecule is CC(CC(N)=O)NS(=O)(=O)c1ccc(C(N)=S)c(Cl)c1. The number of carbonyl (C=O) groups is 1. The largest absolute Gasteiger partial charge is 0.389 e. The summed E-state index contributed by atoms with van der Waals surface area (Å²) in [4.78, 5) is 10.8. The predicted octanol–water partition coefficient (Wildman–Crippen LogP) is 0.516. The summed E-state index contributed by atoms with van der Waals surface area (Å²) in [7, 11) is -3.80. The zero-order valence-electron chi connectivity index (χ0n) is 10.6. The van der Waals surface area contributed by atoms with Gasteiger partial charge in [-0.05, 0) is 25.1 Å². The van der Waals surface area contributed by atoms with Crippen LogP contribution in [0.1, 0.15) is 18.9 Å². The molecule has 0 spiro atoms. The van der Waals surface area contributed by atoms with Crippen LogP contribution in [0.4, 0.5) is 0 Å². The fraction of sp³-hybridized carbons (Fsp3) is 0.273. The number of halogens is 1. The highest BCUT2D eigenvalue weighted by Gasteiger charge is 2.19. The van der Waals surface area contributed by atoms with Gasteiger partial charge in [-0.3, -0.25) is 4.79 Å². The van der Waals surface area contributed by atoms with Crippen LogP contribution in [0.3, 0.4) is 0 Å². The monoisotopic (exact) mass is 335 g/mol. The van der Waals surface area contributed by atoms with Gasteiger partial charge in [0.25, 0.3) is 0 Å². The highest BCUT2D eigenvalue weighted by Crippen LogP contribution is 2.21. The van der Waals surface area contributed by atoms with Gasteiger partial charge in [-0.2, -0.15) is 0 Å². The molecule has 0 radical (unpaired) electrons. The van der Waals surface area contributed by atoms with Crippen LogP contribution >= 0.6 is 23.8 Å². The van der Waals surface area contributed by atoms with Crippen molar-refractivity contribution in [1.29, 1.82) is 0 Å². The molecule has 6 nitrogen and oxygen atoms in total. The highest BCUT2D eigenvalue weighted by molar-refractivity contribution is 7.89. The Morgan fingerprint density at radius 3 is 2.50 bits per heavy atom. The van der Waals surface area contributed by atoms with E-state index in [-0.39, 0.29) is 21.3 Å². The summed E-state index contributed by atoms with van der Waals surface area (Å²) >= 11 is 10.7. The molecule has 0 aliphatic rings. The minimum Gasteiger partial charge on any atom is -0.389 e. The summed E-state index contributed by atoms with van der Waals surface area (Å²) < 4.78 is 26.5. The maximum Gasteiger partial charge on any atom is 0.240 e. The van der Waals surface area contributed by atoms with Gasteiger partial charge in [0.2, 0.25) is 15.9 Å². The Balaban J connectivity index is 3.02. The molecule has 0 heterocycles. The lowest BCUT2D eigenvalue weighted by atomic mass is 10.2. The van der Waals surface area contributed by atoms with E-state index in [4.69, 9.17) is 35.3 Å². The number of sulfonamides is 1. The van der Waals surface area contributed by atoms with Crippen molar-refractivity contribution in [2.24, 2.45) is 11.5 Å². The first-order chi connectivity index (χ1) is 9.13. The topological polar surface area (TPSA) is 115 Å². The van der Waals surface area contributed by atoms with Crippen LogP contribution in [0.2, 0.25) is 5.02 Å². The molecule has 1 aromatic carbocycles. The molecule has 0 fully saturated rings. The molecule has 0 aromatic heterocycles. The third-order valence-electron chi connectivity index (χ3n) is 2.38. The first-order valence-corrected chi connectivity index (χ1v) is 7.80. The van der Waals surface area contributed by atoms with Gasteiger partial charge >= 0.3 is 0 Å². The van der Waals surface area contributed by atoms with E-state index in [1.165, 1.54) is 25.1 Å². The number of hydrogen-bond donors (Lipinski definition) is 3. The first-order valence-electron chi connectivity index (χ1n) is 5.53. The van der Waals surface area contributed by atoms with Gasteiger partial charge in [0.1, 0.15) is 4.99 Å². The minimum absolute atomic E-state index is 0.0428. The number of benzene rings is 1. The Morgan fingerprint density at radius 1 is 1.45 bits per heavy atom. The number of nitrogens with one attached hydrogen (secondary N) is 1. The Bertz CT molecular complexity index is 646. The van der Waals surface area contributed by atoms with Crippen molar-refractivity contribution in [1.82, 2.24) is 4.72 Å². The summed E-state index contributed by atoms with van der Waals surface area (Å²) in [5.41, 5.74) is 10.8. The molecule has 5 N–H and O–H groups in total. The van der Waals surface area contributed by atoms with E-state index in [2.05, 4.69) is 4.72 Å². The second-order valence-electron chi connectivity index (χ2n) is 4.20. The number of nitrogens with two attached hydrogens (primary N) is 2. The molecule has 0 aliphatic carbocycles. The molecule has 9 heteroatoms. The molecule has 110 valence electrons. The van der Waals surface area contributed by atoms with E-state index in [0.29, 0.717) is 5.56 Å². The number of carbonyl (C=O) groups excluding carboxylic acids is 1. The lowest BCUT2D eigenvalue weighted by Crippen LogP contribution is -2.35. The third-order valence-corrected chi connectivity index (χ3v) is 4.50. The van der Waals surface area contributed by atoms with Crippen LogP contribution in [-0.4, -0.2) is 25.4 Å². The molecule has 20 heavy (non-hydrogen) atoms. The zero-order chi connectivity index (χ0) is 15.5. The second kappa shape index (κ2) is 6.49. The Labute approximate surface area is 127 Å². The molecule has 0 aliphatic heterocycles. The summed E-state index contributed by atoms with van der Waals surface area (Å²) in [5.74, 6) is -0.595. The predicted molar refractivity (Wildman–Crippen MR) is 80.9 cm³/mol. The maximum atomic E-state index is 12.1. The lowest BCUT2D eigenvalue weighted by molar-refractivity contribution is -0.118. The molecule has 0 saturated heterocycles.